The molecule has 2 aromatic rings. The van der Waals surface area contributed by atoms with Crippen molar-refractivity contribution >= 4 is 28.0 Å². The second-order valence-corrected chi connectivity index (χ2v) is 9.07. The Balaban J connectivity index is 1.25. The lowest BCUT2D eigenvalue weighted by Gasteiger charge is -2.32. The molecule has 2 aliphatic rings. The van der Waals surface area contributed by atoms with Gasteiger partial charge in [-0.2, -0.15) is 0 Å². The van der Waals surface area contributed by atoms with Gasteiger partial charge in [0, 0.05) is 80.0 Å². The zero-order valence-electron chi connectivity index (χ0n) is 17.2. The highest BCUT2D eigenvalue weighted by molar-refractivity contribution is 7.84. The number of anilines is 2. The van der Waals surface area contributed by atoms with Crippen molar-refractivity contribution in [1.82, 2.24) is 4.98 Å². The Hall–Kier alpha value is -2.48. The Kier molecular flexibility index (Phi) is 6.62. The van der Waals surface area contributed by atoms with Gasteiger partial charge < -0.3 is 14.6 Å². The number of halogens is 1. The molecular formula is C22H27FN4O2S. The van der Waals surface area contributed by atoms with Crippen LogP contribution in [0.4, 0.5) is 15.9 Å². The third-order valence-electron chi connectivity index (χ3n) is 5.68. The summed E-state index contributed by atoms with van der Waals surface area (Å²) >= 11 is 0. The number of benzene rings is 1. The number of hydrogen-bond acceptors (Lipinski definition) is 6. The van der Waals surface area contributed by atoms with Crippen molar-refractivity contribution in [2.75, 3.05) is 42.2 Å². The summed E-state index contributed by atoms with van der Waals surface area (Å²) in [5, 5.41) is 4.41. The quantitative estimate of drug-likeness (QED) is 0.679. The second kappa shape index (κ2) is 9.55. The largest absolute Gasteiger partial charge is 0.392 e. The summed E-state index contributed by atoms with van der Waals surface area (Å²) in [5.41, 5.74) is 1.59. The molecule has 0 aliphatic carbocycles. The number of oxime groups is 1. The first-order chi connectivity index (χ1) is 14.6. The van der Waals surface area contributed by atoms with Crippen LogP contribution in [0.5, 0.6) is 0 Å². The van der Waals surface area contributed by atoms with E-state index in [0.29, 0.717) is 23.7 Å². The first-order valence-electron chi connectivity index (χ1n) is 10.4. The molecule has 1 aromatic heterocycles. The molecule has 0 spiro atoms. The summed E-state index contributed by atoms with van der Waals surface area (Å²) in [4.78, 5) is 15.0. The summed E-state index contributed by atoms with van der Waals surface area (Å²) < 4.78 is 25.9. The molecule has 2 saturated heterocycles. The first kappa shape index (κ1) is 20.8. The zero-order valence-corrected chi connectivity index (χ0v) is 18.0. The van der Waals surface area contributed by atoms with Gasteiger partial charge in [-0.25, -0.2) is 9.37 Å². The summed E-state index contributed by atoms with van der Waals surface area (Å²) in [5.74, 6) is 0.694. The van der Waals surface area contributed by atoms with Crippen molar-refractivity contribution in [2.24, 2.45) is 5.16 Å². The van der Waals surface area contributed by atoms with E-state index >= 15 is 0 Å². The standard InChI is InChI=1S/C22H27FN4O2S/c1-30(28)19-5-6-21(20(23)16-19)26-12-7-17(8-13-26)25-29-18-9-14-27(15-10-18)22-4-2-3-11-24-22/h2-6,11,16,18H,7-10,12-15H2,1H3. The number of rotatable bonds is 5. The monoisotopic (exact) mass is 430 g/mol. The van der Waals surface area contributed by atoms with E-state index in [0.717, 1.165) is 50.3 Å². The van der Waals surface area contributed by atoms with Gasteiger partial charge in [0.15, 0.2) is 0 Å². The third-order valence-corrected chi connectivity index (χ3v) is 6.60. The van der Waals surface area contributed by atoms with Crippen LogP contribution < -0.4 is 9.80 Å². The van der Waals surface area contributed by atoms with Crippen LogP contribution in [-0.4, -0.2) is 53.4 Å². The molecule has 8 heteroatoms. The summed E-state index contributed by atoms with van der Waals surface area (Å²) in [6.07, 6.45) is 6.88. The lowest BCUT2D eigenvalue weighted by Crippen LogP contribution is -2.37. The van der Waals surface area contributed by atoms with E-state index in [1.54, 1.807) is 18.4 Å². The number of pyridine rings is 1. The van der Waals surface area contributed by atoms with Gasteiger partial charge in [-0.15, -0.1) is 0 Å². The summed E-state index contributed by atoms with van der Waals surface area (Å²) in [7, 11) is -1.18. The van der Waals surface area contributed by atoms with Crippen molar-refractivity contribution < 1.29 is 13.4 Å². The maximum absolute atomic E-state index is 14.4. The van der Waals surface area contributed by atoms with Crippen molar-refractivity contribution in [2.45, 2.75) is 36.7 Å². The minimum atomic E-state index is -1.18. The SMILES string of the molecule is CS(=O)c1ccc(N2CCC(=NOC3CCN(c4ccccn4)CC3)CC2)c(F)c1. The van der Waals surface area contributed by atoms with Crippen LogP contribution >= 0.6 is 0 Å². The van der Waals surface area contributed by atoms with E-state index in [-0.39, 0.29) is 11.9 Å². The van der Waals surface area contributed by atoms with E-state index in [1.807, 2.05) is 29.3 Å². The number of aromatic nitrogens is 1. The fourth-order valence-electron chi connectivity index (χ4n) is 3.90. The van der Waals surface area contributed by atoms with Crippen molar-refractivity contribution in [3.05, 3.63) is 48.4 Å². The Morgan fingerprint density at radius 1 is 1.10 bits per heavy atom. The van der Waals surface area contributed by atoms with Gasteiger partial charge in [0.05, 0.1) is 11.4 Å². The van der Waals surface area contributed by atoms with Gasteiger partial charge in [-0.05, 0) is 30.3 Å². The highest BCUT2D eigenvalue weighted by Gasteiger charge is 2.23. The fourth-order valence-corrected chi connectivity index (χ4v) is 4.43. The van der Waals surface area contributed by atoms with E-state index in [9.17, 15) is 8.60 Å². The van der Waals surface area contributed by atoms with Gasteiger partial charge in [0.1, 0.15) is 17.7 Å². The molecule has 2 aliphatic heterocycles. The smallest absolute Gasteiger partial charge is 0.147 e. The fraction of sp³-hybridized carbons (Fsp3) is 0.455. The summed E-state index contributed by atoms with van der Waals surface area (Å²) in [6, 6.07) is 10.8. The van der Waals surface area contributed by atoms with E-state index in [2.05, 4.69) is 15.0 Å². The lowest BCUT2D eigenvalue weighted by atomic mass is 10.1. The second-order valence-electron chi connectivity index (χ2n) is 7.69. The molecule has 1 aromatic carbocycles. The van der Waals surface area contributed by atoms with E-state index in [1.165, 1.54) is 6.07 Å². The molecule has 3 heterocycles. The molecule has 6 nitrogen and oxygen atoms in total. The van der Waals surface area contributed by atoms with Crippen LogP contribution in [0.15, 0.2) is 52.6 Å². The average Bonchev–Trinajstić information content (AvgIpc) is 2.79. The predicted octanol–water partition coefficient (Wildman–Crippen LogP) is 3.60. The third kappa shape index (κ3) is 4.98. The molecule has 30 heavy (non-hydrogen) atoms. The predicted molar refractivity (Wildman–Crippen MR) is 118 cm³/mol. The molecule has 1 atom stereocenters. The molecule has 1 unspecified atom stereocenters. The minimum absolute atomic E-state index is 0.135. The molecule has 2 fully saturated rings. The molecule has 0 bridgehead atoms. The highest BCUT2D eigenvalue weighted by atomic mass is 32.2. The number of piperidine rings is 2. The van der Waals surface area contributed by atoms with Gasteiger partial charge in [-0.3, -0.25) is 4.21 Å². The Morgan fingerprint density at radius 2 is 1.87 bits per heavy atom. The Bertz CT molecular complexity index is 907. The highest BCUT2D eigenvalue weighted by Crippen LogP contribution is 2.25. The van der Waals surface area contributed by atoms with Crippen LogP contribution in [0.3, 0.4) is 0 Å². The molecular weight excluding hydrogens is 403 g/mol. The van der Waals surface area contributed by atoms with Crippen LogP contribution in [0.2, 0.25) is 0 Å². The van der Waals surface area contributed by atoms with Gasteiger partial charge >= 0.3 is 0 Å². The van der Waals surface area contributed by atoms with Gasteiger partial charge in [0.2, 0.25) is 0 Å². The maximum atomic E-state index is 14.4. The number of hydrogen-bond donors (Lipinski definition) is 0. The molecule has 4 rings (SSSR count). The molecule has 160 valence electrons. The van der Waals surface area contributed by atoms with Crippen LogP contribution in [-0.2, 0) is 15.6 Å². The minimum Gasteiger partial charge on any atom is -0.392 e. The molecule has 0 saturated carbocycles. The van der Waals surface area contributed by atoms with Crippen molar-refractivity contribution in [3.8, 4) is 0 Å². The summed E-state index contributed by atoms with van der Waals surface area (Å²) in [6.45, 7) is 3.23. The zero-order chi connectivity index (χ0) is 20.9. The number of nitrogens with zero attached hydrogens (tertiary/aromatic N) is 4. The van der Waals surface area contributed by atoms with Crippen LogP contribution in [0.1, 0.15) is 25.7 Å². The topological polar surface area (TPSA) is 58.0 Å². The van der Waals surface area contributed by atoms with Gasteiger partial charge in [-0.1, -0.05) is 11.2 Å². The molecule has 0 N–H and O–H groups in total. The Labute approximate surface area is 179 Å². The Morgan fingerprint density at radius 3 is 2.50 bits per heavy atom. The first-order valence-corrected chi connectivity index (χ1v) is 11.9. The normalized spacial score (nSPS) is 18.9. The van der Waals surface area contributed by atoms with E-state index < -0.39 is 10.8 Å². The molecule has 0 radical (unpaired) electrons. The van der Waals surface area contributed by atoms with Gasteiger partial charge in [0.25, 0.3) is 0 Å². The maximum Gasteiger partial charge on any atom is 0.147 e. The van der Waals surface area contributed by atoms with Crippen LogP contribution in [0, 0.1) is 5.82 Å². The lowest BCUT2D eigenvalue weighted by molar-refractivity contribution is 0.0410. The van der Waals surface area contributed by atoms with Crippen LogP contribution in [0.25, 0.3) is 0 Å². The van der Waals surface area contributed by atoms with Crippen molar-refractivity contribution in [3.63, 3.8) is 0 Å². The molecule has 0 amide bonds. The van der Waals surface area contributed by atoms with Crippen molar-refractivity contribution in [1.29, 1.82) is 0 Å². The van der Waals surface area contributed by atoms with E-state index in [4.69, 9.17) is 4.84 Å². The average molecular weight is 431 g/mol.